The van der Waals surface area contributed by atoms with Gasteiger partial charge in [-0.1, -0.05) is 5.16 Å². The van der Waals surface area contributed by atoms with Gasteiger partial charge in [0.1, 0.15) is 5.76 Å². The molecular weight excluding hydrogens is 270 g/mol. The van der Waals surface area contributed by atoms with Crippen molar-refractivity contribution in [1.29, 1.82) is 0 Å². The molecule has 21 heavy (non-hydrogen) atoms. The normalized spacial score (nSPS) is 24.2. The zero-order valence-corrected chi connectivity index (χ0v) is 12.6. The average molecular weight is 293 g/mol. The molecule has 0 radical (unpaired) electrons. The van der Waals surface area contributed by atoms with E-state index in [4.69, 9.17) is 9.26 Å². The molecule has 0 bridgehead atoms. The van der Waals surface area contributed by atoms with E-state index >= 15 is 0 Å². The summed E-state index contributed by atoms with van der Waals surface area (Å²) in [6.07, 6.45) is 2.06. The van der Waals surface area contributed by atoms with Gasteiger partial charge in [0.05, 0.1) is 24.8 Å². The fourth-order valence-corrected chi connectivity index (χ4v) is 3.16. The first-order chi connectivity index (χ1) is 10.2. The lowest BCUT2D eigenvalue weighted by Gasteiger charge is -2.35. The molecule has 2 aliphatic heterocycles. The van der Waals surface area contributed by atoms with Crippen molar-refractivity contribution in [3.63, 3.8) is 0 Å². The molecule has 1 atom stereocenters. The summed E-state index contributed by atoms with van der Waals surface area (Å²) in [5.41, 5.74) is 0.951. The second-order valence-electron chi connectivity index (χ2n) is 5.94. The Morgan fingerprint density at radius 1 is 1.38 bits per heavy atom. The maximum Gasteiger partial charge on any atom is 0.227 e. The highest BCUT2D eigenvalue weighted by atomic mass is 16.5. The second kappa shape index (κ2) is 6.58. The third kappa shape index (κ3) is 3.63. The van der Waals surface area contributed by atoms with E-state index in [2.05, 4.69) is 10.1 Å². The first-order valence-electron chi connectivity index (χ1n) is 7.73. The maximum absolute atomic E-state index is 12.6. The Bertz CT molecular complexity index is 482. The van der Waals surface area contributed by atoms with Gasteiger partial charge >= 0.3 is 0 Å². The Balaban J connectivity index is 1.56. The average Bonchev–Trinajstić information content (AvgIpc) is 2.93. The molecule has 116 valence electrons. The monoisotopic (exact) mass is 293 g/mol. The van der Waals surface area contributed by atoms with Crippen molar-refractivity contribution >= 4 is 5.91 Å². The number of aryl methyl sites for hydroxylation is 1. The number of carbonyl (C=O) groups excluding carboxylic acids is 1. The molecule has 0 spiro atoms. The molecule has 2 aliphatic rings. The summed E-state index contributed by atoms with van der Waals surface area (Å²) in [7, 11) is 0. The van der Waals surface area contributed by atoms with Crippen molar-refractivity contribution < 1.29 is 14.1 Å². The van der Waals surface area contributed by atoms with Crippen LogP contribution in [0.4, 0.5) is 0 Å². The fourth-order valence-electron chi connectivity index (χ4n) is 3.16. The molecule has 0 aromatic carbocycles. The summed E-state index contributed by atoms with van der Waals surface area (Å²) >= 11 is 0. The lowest BCUT2D eigenvalue weighted by atomic mass is 9.96. The van der Waals surface area contributed by atoms with Gasteiger partial charge in [-0.3, -0.25) is 9.69 Å². The van der Waals surface area contributed by atoms with E-state index in [1.165, 1.54) is 0 Å². The molecule has 3 rings (SSSR count). The number of amides is 1. The molecule has 1 aromatic heterocycles. The number of likely N-dealkylation sites (tertiary alicyclic amines) is 1. The van der Waals surface area contributed by atoms with Crippen LogP contribution in [0.5, 0.6) is 0 Å². The van der Waals surface area contributed by atoms with Crippen molar-refractivity contribution in [2.24, 2.45) is 5.92 Å². The van der Waals surface area contributed by atoms with Crippen LogP contribution in [0.2, 0.25) is 0 Å². The number of piperidine rings is 1. The molecule has 2 saturated heterocycles. The predicted molar refractivity (Wildman–Crippen MR) is 76.6 cm³/mol. The quantitative estimate of drug-likeness (QED) is 0.834. The fraction of sp³-hybridized carbons (Fsp3) is 0.733. The summed E-state index contributed by atoms with van der Waals surface area (Å²) in [4.78, 5) is 16.8. The lowest BCUT2D eigenvalue weighted by molar-refractivity contribution is -0.141. The molecule has 6 heteroatoms. The van der Waals surface area contributed by atoms with E-state index in [9.17, 15) is 4.79 Å². The van der Waals surface area contributed by atoms with E-state index < -0.39 is 0 Å². The molecule has 1 aromatic rings. The molecule has 3 heterocycles. The highest BCUT2D eigenvalue weighted by Gasteiger charge is 2.30. The SMILES string of the molecule is Cc1cc(CN2CCCC(C(=O)N3CCOCC3)C2)no1. The Labute approximate surface area is 125 Å². The van der Waals surface area contributed by atoms with Gasteiger partial charge < -0.3 is 14.2 Å². The van der Waals surface area contributed by atoms with Gasteiger partial charge in [-0.25, -0.2) is 0 Å². The van der Waals surface area contributed by atoms with Crippen molar-refractivity contribution in [1.82, 2.24) is 15.0 Å². The predicted octanol–water partition coefficient (Wildman–Crippen LogP) is 1.05. The van der Waals surface area contributed by atoms with Crippen molar-refractivity contribution in [3.8, 4) is 0 Å². The molecule has 0 aliphatic carbocycles. The third-order valence-electron chi connectivity index (χ3n) is 4.24. The van der Waals surface area contributed by atoms with Crippen molar-refractivity contribution in [2.75, 3.05) is 39.4 Å². The highest BCUT2D eigenvalue weighted by Crippen LogP contribution is 2.21. The zero-order valence-electron chi connectivity index (χ0n) is 12.6. The summed E-state index contributed by atoms with van der Waals surface area (Å²) in [5, 5.41) is 4.04. The van der Waals surface area contributed by atoms with Crippen molar-refractivity contribution in [2.45, 2.75) is 26.3 Å². The molecule has 2 fully saturated rings. The van der Waals surface area contributed by atoms with Gasteiger partial charge in [-0.2, -0.15) is 0 Å². The van der Waals surface area contributed by atoms with E-state index in [-0.39, 0.29) is 5.92 Å². The van der Waals surface area contributed by atoms with Crippen LogP contribution in [0.25, 0.3) is 0 Å². The number of hydrogen-bond acceptors (Lipinski definition) is 5. The standard InChI is InChI=1S/C15H23N3O3/c1-12-9-14(16-21-12)11-17-4-2-3-13(10-17)15(19)18-5-7-20-8-6-18/h9,13H,2-8,10-11H2,1H3. The molecule has 0 N–H and O–H groups in total. The number of hydrogen-bond donors (Lipinski definition) is 0. The maximum atomic E-state index is 12.6. The molecule has 1 amide bonds. The van der Waals surface area contributed by atoms with Crippen LogP contribution in [-0.2, 0) is 16.1 Å². The number of ether oxygens (including phenoxy) is 1. The van der Waals surface area contributed by atoms with Crippen LogP contribution in [0.15, 0.2) is 10.6 Å². The van der Waals surface area contributed by atoms with Gasteiger partial charge in [0.2, 0.25) is 5.91 Å². The first kappa shape index (κ1) is 14.5. The first-order valence-corrected chi connectivity index (χ1v) is 7.73. The van der Waals surface area contributed by atoms with Gasteiger partial charge in [-0.15, -0.1) is 0 Å². The van der Waals surface area contributed by atoms with Crippen LogP contribution in [0.1, 0.15) is 24.3 Å². The number of rotatable bonds is 3. The zero-order chi connectivity index (χ0) is 14.7. The van der Waals surface area contributed by atoms with Crippen LogP contribution < -0.4 is 0 Å². The van der Waals surface area contributed by atoms with Crippen LogP contribution in [0.3, 0.4) is 0 Å². The topological polar surface area (TPSA) is 58.8 Å². The largest absolute Gasteiger partial charge is 0.378 e. The second-order valence-corrected chi connectivity index (χ2v) is 5.94. The Morgan fingerprint density at radius 3 is 2.90 bits per heavy atom. The number of morpholine rings is 1. The summed E-state index contributed by atoms with van der Waals surface area (Å²) in [6, 6.07) is 1.97. The van der Waals surface area contributed by atoms with Gasteiger partial charge in [-0.05, 0) is 26.3 Å². The molecule has 1 unspecified atom stereocenters. The van der Waals surface area contributed by atoms with Crippen LogP contribution >= 0.6 is 0 Å². The van der Waals surface area contributed by atoms with Crippen molar-refractivity contribution in [3.05, 3.63) is 17.5 Å². The highest BCUT2D eigenvalue weighted by molar-refractivity contribution is 5.79. The minimum atomic E-state index is 0.116. The number of nitrogens with zero attached hydrogens (tertiary/aromatic N) is 3. The number of aromatic nitrogens is 1. The third-order valence-corrected chi connectivity index (χ3v) is 4.24. The van der Waals surface area contributed by atoms with E-state index in [1.807, 2.05) is 17.9 Å². The molecule has 0 saturated carbocycles. The summed E-state index contributed by atoms with van der Waals surface area (Å²) in [6.45, 7) is 7.32. The molecule has 6 nitrogen and oxygen atoms in total. The minimum absolute atomic E-state index is 0.116. The lowest BCUT2D eigenvalue weighted by Crippen LogP contribution is -2.48. The van der Waals surface area contributed by atoms with Gasteiger partial charge in [0.15, 0.2) is 0 Å². The van der Waals surface area contributed by atoms with E-state index in [1.54, 1.807) is 0 Å². The summed E-state index contributed by atoms with van der Waals surface area (Å²) in [5.74, 6) is 1.24. The van der Waals surface area contributed by atoms with Crippen LogP contribution in [-0.4, -0.2) is 60.3 Å². The Hall–Kier alpha value is -1.40. The van der Waals surface area contributed by atoms with Gasteiger partial charge in [0, 0.05) is 32.2 Å². The number of carbonyl (C=O) groups is 1. The summed E-state index contributed by atoms with van der Waals surface area (Å²) < 4.78 is 10.4. The van der Waals surface area contributed by atoms with Gasteiger partial charge in [0.25, 0.3) is 0 Å². The Kier molecular flexibility index (Phi) is 4.55. The minimum Gasteiger partial charge on any atom is -0.378 e. The Morgan fingerprint density at radius 2 is 2.19 bits per heavy atom. The van der Waals surface area contributed by atoms with Crippen LogP contribution in [0, 0.1) is 12.8 Å². The molecular formula is C15H23N3O3. The van der Waals surface area contributed by atoms with E-state index in [0.29, 0.717) is 19.1 Å². The smallest absolute Gasteiger partial charge is 0.227 e. The van der Waals surface area contributed by atoms with E-state index in [0.717, 1.165) is 57.0 Å².